The second kappa shape index (κ2) is 10.3. The Morgan fingerprint density at radius 2 is 1.79 bits per heavy atom. The predicted octanol–water partition coefficient (Wildman–Crippen LogP) is 4.01. The summed E-state index contributed by atoms with van der Waals surface area (Å²) in [5.41, 5.74) is -0.163. The van der Waals surface area contributed by atoms with Crippen LogP contribution in [0.3, 0.4) is 0 Å². The third-order valence-electron chi connectivity index (χ3n) is 9.71. The van der Waals surface area contributed by atoms with E-state index in [1.54, 1.807) is 23.1 Å². The van der Waals surface area contributed by atoms with Crippen LogP contribution in [-0.2, 0) is 33.6 Å². The molecule has 0 radical (unpaired) electrons. The van der Waals surface area contributed by atoms with Gasteiger partial charge in [0.05, 0.1) is 12.1 Å². The van der Waals surface area contributed by atoms with Crippen molar-refractivity contribution in [1.82, 2.24) is 4.90 Å². The molecule has 6 fully saturated rings. The molecule has 5 aliphatic heterocycles. The highest BCUT2D eigenvalue weighted by atomic mass is 19.1. The number of carbonyl (C=O) groups excluding carboxylic acids is 2. The van der Waals surface area contributed by atoms with Crippen molar-refractivity contribution in [2.24, 2.45) is 23.7 Å². The highest BCUT2D eigenvalue weighted by Gasteiger charge is 2.69. The van der Waals surface area contributed by atoms with Crippen LogP contribution in [0, 0.1) is 29.5 Å². The first-order chi connectivity index (χ1) is 18.7. The molecule has 2 unspecified atom stereocenters. The van der Waals surface area contributed by atoms with Crippen LogP contribution in [0.2, 0.25) is 0 Å². The van der Waals surface area contributed by atoms with E-state index in [1.165, 1.54) is 6.07 Å². The van der Waals surface area contributed by atoms with Gasteiger partial charge in [-0.3, -0.25) is 9.59 Å². The summed E-state index contributed by atoms with van der Waals surface area (Å²) in [6.07, 6.45) is 2.18. The number of amides is 1. The zero-order chi connectivity index (χ0) is 27.4. The van der Waals surface area contributed by atoms with Crippen LogP contribution in [0.15, 0.2) is 24.3 Å². The number of carbonyl (C=O) groups is 2. The molecule has 39 heavy (non-hydrogen) atoms. The predicted molar refractivity (Wildman–Crippen MR) is 137 cm³/mol. The third-order valence-corrected chi connectivity index (χ3v) is 9.71. The number of esters is 1. The molecule has 1 saturated carbocycles. The zero-order valence-electron chi connectivity index (χ0n) is 23.0. The standard InChI is InChI=1S/C29H39FN2O7/c1-18-8-9-21-19(2)26(36-27-29(21)20(18)12-13-28(3,37-27)38-39-29)35-25(34)11-10-24(33)32-16-14-31(15-17-32)23-7-5-4-6-22(23)30/h4-7,18-21,26-27H,8-17H2,1-3H3/t18-,19-,20?,21?,26-,27-,28+,29-/m1/s1. The maximum atomic E-state index is 14.1. The molecule has 8 atom stereocenters. The van der Waals surface area contributed by atoms with Gasteiger partial charge in [-0.15, -0.1) is 0 Å². The van der Waals surface area contributed by atoms with Crippen LogP contribution in [0.5, 0.6) is 0 Å². The van der Waals surface area contributed by atoms with E-state index in [9.17, 15) is 14.0 Å². The molecule has 9 nitrogen and oxygen atoms in total. The second-order valence-electron chi connectivity index (χ2n) is 12.1. The number of piperazine rings is 1. The van der Waals surface area contributed by atoms with Gasteiger partial charge in [0.2, 0.25) is 18.0 Å². The molecule has 1 amide bonds. The molecule has 2 bridgehead atoms. The van der Waals surface area contributed by atoms with Gasteiger partial charge in [0.1, 0.15) is 5.82 Å². The van der Waals surface area contributed by atoms with Crippen LogP contribution in [-0.4, -0.2) is 66.9 Å². The minimum absolute atomic E-state index is 0.0305. The van der Waals surface area contributed by atoms with Gasteiger partial charge in [-0.1, -0.05) is 26.0 Å². The van der Waals surface area contributed by atoms with Crippen LogP contribution in [0.1, 0.15) is 59.3 Å². The Labute approximate surface area is 228 Å². The van der Waals surface area contributed by atoms with Crippen LogP contribution in [0.25, 0.3) is 0 Å². The molecule has 10 heteroatoms. The fourth-order valence-electron chi connectivity index (χ4n) is 7.47. The number of anilines is 1. The Kier molecular flexibility index (Phi) is 7.10. The maximum absolute atomic E-state index is 14.1. The van der Waals surface area contributed by atoms with Gasteiger partial charge in [0, 0.05) is 50.9 Å². The molecule has 7 rings (SSSR count). The second-order valence-corrected chi connectivity index (χ2v) is 12.1. The minimum atomic E-state index is -0.893. The van der Waals surface area contributed by atoms with Gasteiger partial charge in [0.15, 0.2) is 11.9 Å². The average molecular weight is 547 g/mol. The van der Waals surface area contributed by atoms with Gasteiger partial charge < -0.3 is 24.0 Å². The highest BCUT2D eigenvalue weighted by molar-refractivity contribution is 5.81. The Hall–Kier alpha value is -2.27. The topological polar surface area (TPSA) is 86.8 Å². The molecule has 6 aliphatic rings. The summed E-state index contributed by atoms with van der Waals surface area (Å²) < 4.78 is 32.6. The highest BCUT2D eigenvalue weighted by Crippen LogP contribution is 2.60. The van der Waals surface area contributed by atoms with Gasteiger partial charge in [-0.25, -0.2) is 14.2 Å². The first-order valence-corrected chi connectivity index (χ1v) is 14.4. The van der Waals surface area contributed by atoms with Crippen molar-refractivity contribution in [3.63, 3.8) is 0 Å². The number of hydrogen-bond donors (Lipinski definition) is 0. The molecule has 1 spiro atoms. The monoisotopic (exact) mass is 546 g/mol. The number of ether oxygens (including phenoxy) is 3. The molecule has 0 aromatic heterocycles. The first kappa shape index (κ1) is 26.9. The van der Waals surface area contributed by atoms with Crippen LogP contribution >= 0.6 is 0 Å². The number of hydrogen-bond acceptors (Lipinski definition) is 8. The van der Waals surface area contributed by atoms with E-state index in [0.717, 1.165) is 19.3 Å². The number of fused-ring (bicyclic) bond motifs is 2. The van der Waals surface area contributed by atoms with Gasteiger partial charge >= 0.3 is 5.97 Å². The number of nitrogens with zero attached hydrogens (tertiary/aromatic N) is 2. The largest absolute Gasteiger partial charge is 0.435 e. The first-order valence-electron chi connectivity index (χ1n) is 14.4. The molecule has 1 aromatic rings. The minimum Gasteiger partial charge on any atom is -0.435 e. The number of rotatable bonds is 5. The molecule has 214 valence electrons. The number of benzene rings is 1. The smallest absolute Gasteiger partial charge is 0.308 e. The van der Waals surface area contributed by atoms with Crippen molar-refractivity contribution < 1.29 is 38.0 Å². The summed E-state index contributed by atoms with van der Waals surface area (Å²) in [6.45, 7) is 8.19. The van der Waals surface area contributed by atoms with Gasteiger partial charge in [-0.2, -0.15) is 0 Å². The Morgan fingerprint density at radius 1 is 1.03 bits per heavy atom. The van der Waals surface area contributed by atoms with E-state index in [4.69, 9.17) is 24.0 Å². The lowest BCUT2D eigenvalue weighted by Gasteiger charge is -2.59. The molecule has 1 aromatic carbocycles. The van der Waals surface area contributed by atoms with E-state index in [2.05, 4.69) is 6.92 Å². The maximum Gasteiger partial charge on any atom is 0.308 e. The Morgan fingerprint density at radius 3 is 2.56 bits per heavy atom. The normalized spacial score (nSPS) is 39.6. The molecule has 1 aliphatic carbocycles. The van der Waals surface area contributed by atoms with E-state index < -0.39 is 29.9 Å². The van der Waals surface area contributed by atoms with E-state index in [1.807, 2.05) is 18.7 Å². The summed E-state index contributed by atoms with van der Waals surface area (Å²) in [7, 11) is 0. The molecular weight excluding hydrogens is 507 g/mol. The van der Waals surface area contributed by atoms with E-state index in [-0.39, 0.29) is 42.3 Å². The fourth-order valence-corrected chi connectivity index (χ4v) is 7.47. The number of halogens is 1. The van der Waals surface area contributed by atoms with Crippen molar-refractivity contribution in [2.45, 2.75) is 83.3 Å². The average Bonchev–Trinajstić information content (AvgIpc) is 3.16. The summed E-state index contributed by atoms with van der Waals surface area (Å²) in [6, 6.07) is 6.66. The van der Waals surface area contributed by atoms with Crippen molar-refractivity contribution in [3.8, 4) is 0 Å². The van der Waals surface area contributed by atoms with E-state index in [0.29, 0.717) is 44.2 Å². The van der Waals surface area contributed by atoms with Crippen molar-refractivity contribution in [3.05, 3.63) is 30.1 Å². The fraction of sp³-hybridized carbons (Fsp3) is 0.724. The lowest BCUT2D eigenvalue weighted by Crippen LogP contribution is -2.70. The summed E-state index contributed by atoms with van der Waals surface area (Å²) in [5, 5.41) is 0. The van der Waals surface area contributed by atoms with Crippen LogP contribution < -0.4 is 4.90 Å². The molecule has 5 heterocycles. The summed E-state index contributed by atoms with van der Waals surface area (Å²) >= 11 is 0. The van der Waals surface area contributed by atoms with Crippen molar-refractivity contribution >= 4 is 17.6 Å². The molecular formula is C29H39FN2O7. The third kappa shape index (κ3) is 4.73. The number of para-hydroxylation sites is 1. The summed E-state index contributed by atoms with van der Waals surface area (Å²) in [5.74, 6) is -1.10. The molecule has 5 saturated heterocycles. The van der Waals surface area contributed by atoms with Crippen molar-refractivity contribution in [2.75, 3.05) is 31.1 Å². The zero-order valence-corrected chi connectivity index (χ0v) is 23.0. The quantitative estimate of drug-likeness (QED) is 0.405. The van der Waals surface area contributed by atoms with Crippen LogP contribution in [0.4, 0.5) is 10.1 Å². The molecule has 0 N–H and O–H groups in total. The van der Waals surface area contributed by atoms with E-state index >= 15 is 0 Å². The lowest BCUT2D eigenvalue weighted by atomic mass is 9.58. The van der Waals surface area contributed by atoms with Gasteiger partial charge in [0.25, 0.3) is 0 Å². The Bertz CT molecular complexity index is 1100. The van der Waals surface area contributed by atoms with Gasteiger partial charge in [-0.05, 0) is 50.2 Å². The lowest BCUT2D eigenvalue weighted by molar-refractivity contribution is -0.576. The summed E-state index contributed by atoms with van der Waals surface area (Å²) in [4.78, 5) is 41.3. The Balaban J connectivity index is 1.04. The van der Waals surface area contributed by atoms with Crippen molar-refractivity contribution in [1.29, 1.82) is 0 Å². The SMILES string of the molecule is C[C@@H]1CCC2[C@@H](C)[C@H](OC(=O)CCC(=O)N3CCN(c4ccccc4F)CC3)O[C@@H]3O[C@]4(C)CCC1[C@@]23OO4.